The zero-order chi connectivity index (χ0) is 22.4. The van der Waals surface area contributed by atoms with E-state index in [9.17, 15) is 14.4 Å². The fourth-order valence-corrected chi connectivity index (χ4v) is 6.21. The Balaban J connectivity index is 2.17. The van der Waals surface area contributed by atoms with E-state index in [2.05, 4.69) is 13.8 Å². The lowest BCUT2D eigenvalue weighted by Gasteiger charge is -2.50. The Morgan fingerprint density at radius 3 is 2.27 bits per heavy atom. The summed E-state index contributed by atoms with van der Waals surface area (Å²) >= 11 is 0. The third-order valence-electron chi connectivity index (χ3n) is 7.51. The van der Waals surface area contributed by atoms with Crippen LogP contribution in [0.3, 0.4) is 0 Å². The van der Waals surface area contributed by atoms with Crippen molar-refractivity contribution in [3.05, 3.63) is 11.6 Å². The van der Waals surface area contributed by atoms with E-state index >= 15 is 0 Å². The first-order chi connectivity index (χ1) is 13.9. The molecule has 2 fully saturated rings. The summed E-state index contributed by atoms with van der Waals surface area (Å²) in [4.78, 5) is 36.7. The summed E-state index contributed by atoms with van der Waals surface area (Å²) < 4.78 is 18.4. The summed E-state index contributed by atoms with van der Waals surface area (Å²) in [7, 11) is 0. The standard InChI is InChI=1S/C24H36O6/c1-13(2)17-8-10-23(6,29-15(4)25)21-19-12-14(3)18(27)9-11-24(7,30-16(5)26)22(28-19)20(17)21/h12-13,17,19-22H,8-11H2,1-7H3/b14-12-/t17-,19?,20-,21-,22?,23-,24-/m1/s1. The summed E-state index contributed by atoms with van der Waals surface area (Å²) in [6, 6.07) is 0. The number of allylic oxidation sites excluding steroid dienone is 1. The molecule has 0 aromatic heterocycles. The van der Waals surface area contributed by atoms with Crippen LogP contribution in [-0.2, 0) is 28.6 Å². The number of carbonyl (C=O) groups is 3. The summed E-state index contributed by atoms with van der Waals surface area (Å²) in [6.07, 6.45) is 3.54. The van der Waals surface area contributed by atoms with Crippen molar-refractivity contribution in [2.45, 2.75) is 97.6 Å². The van der Waals surface area contributed by atoms with Gasteiger partial charge in [0, 0.05) is 32.1 Å². The Labute approximate surface area is 179 Å². The molecule has 0 spiro atoms. The van der Waals surface area contributed by atoms with Crippen LogP contribution in [0.4, 0.5) is 0 Å². The minimum Gasteiger partial charge on any atom is -0.459 e. The molecule has 6 nitrogen and oxygen atoms in total. The predicted octanol–water partition coefficient (Wildman–Crippen LogP) is 4.01. The summed E-state index contributed by atoms with van der Waals surface area (Å²) in [6.45, 7) is 12.9. The van der Waals surface area contributed by atoms with Crippen molar-refractivity contribution in [1.29, 1.82) is 0 Å². The van der Waals surface area contributed by atoms with Gasteiger partial charge in [-0.3, -0.25) is 14.4 Å². The molecule has 2 unspecified atom stereocenters. The van der Waals surface area contributed by atoms with Crippen molar-refractivity contribution in [1.82, 2.24) is 0 Å². The van der Waals surface area contributed by atoms with Gasteiger partial charge in [0.1, 0.15) is 17.3 Å². The molecule has 168 valence electrons. The molecule has 0 aromatic carbocycles. The molecule has 0 amide bonds. The van der Waals surface area contributed by atoms with Crippen LogP contribution < -0.4 is 0 Å². The van der Waals surface area contributed by atoms with Crippen molar-refractivity contribution in [3.63, 3.8) is 0 Å². The second kappa shape index (κ2) is 8.10. The maximum atomic E-state index is 12.7. The topological polar surface area (TPSA) is 78.9 Å². The maximum absolute atomic E-state index is 12.7. The molecular formula is C24H36O6. The van der Waals surface area contributed by atoms with Gasteiger partial charge in [0.2, 0.25) is 0 Å². The molecule has 1 aliphatic carbocycles. The second-order valence-electron chi connectivity index (χ2n) is 10.2. The van der Waals surface area contributed by atoms with Crippen LogP contribution in [0.15, 0.2) is 11.6 Å². The van der Waals surface area contributed by atoms with Gasteiger partial charge in [-0.2, -0.15) is 0 Å². The zero-order valence-electron chi connectivity index (χ0n) is 19.3. The largest absolute Gasteiger partial charge is 0.459 e. The summed E-state index contributed by atoms with van der Waals surface area (Å²) in [5, 5.41) is 0. The van der Waals surface area contributed by atoms with Crippen LogP contribution >= 0.6 is 0 Å². The summed E-state index contributed by atoms with van der Waals surface area (Å²) in [5.41, 5.74) is -0.959. The molecule has 0 radical (unpaired) electrons. The maximum Gasteiger partial charge on any atom is 0.303 e. The number of ether oxygens (including phenoxy) is 3. The number of ketones is 1. The quantitative estimate of drug-likeness (QED) is 0.642. The van der Waals surface area contributed by atoms with Crippen LogP contribution in [0.2, 0.25) is 0 Å². The SMILES string of the molecule is CC(=O)O[C@]1(C)CCC(=O)/C(C)=C\C2OC1[C@@H]1[C@@H](C(C)C)CC[C@@](C)(OC(C)=O)[C@H]21. The van der Waals surface area contributed by atoms with Gasteiger partial charge in [-0.15, -0.1) is 0 Å². The smallest absolute Gasteiger partial charge is 0.303 e. The minimum atomic E-state index is -0.917. The molecule has 0 N–H and O–H groups in total. The van der Waals surface area contributed by atoms with E-state index in [0.717, 1.165) is 12.8 Å². The minimum absolute atomic E-state index is 0.0338. The highest BCUT2D eigenvalue weighted by molar-refractivity contribution is 5.94. The van der Waals surface area contributed by atoms with Crippen molar-refractivity contribution >= 4 is 17.7 Å². The average Bonchev–Trinajstić information content (AvgIpc) is 3.00. The first-order valence-electron chi connectivity index (χ1n) is 11.1. The van der Waals surface area contributed by atoms with Crippen LogP contribution in [0, 0.1) is 23.7 Å². The number of hydrogen-bond acceptors (Lipinski definition) is 6. The molecule has 0 aromatic rings. The number of fused-ring (bicyclic) bond motifs is 5. The Kier molecular flexibility index (Phi) is 6.21. The van der Waals surface area contributed by atoms with Crippen LogP contribution in [0.5, 0.6) is 0 Å². The molecule has 30 heavy (non-hydrogen) atoms. The van der Waals surface area contributed by atoms with Crippen molar-refractivity contribution in [3.8, 4) is 0 Å². The Morgan fingerprint density at radius 2 is 1.70 bits per heavy atom. The predicted molar refractivity (Wildman–Crippen MR) is 112 cm³/mol. The lowest BCUT2D eigenvalue weighted by atomic mass is 9.58. The van der Waals surface area contributed by atoms with E-state index in [4.69, 9.17) is 14.2 Å². The molecule has 6 heteroatoms. The van der Waals surface area contributed by atoms with E-state index in [0.29, 0.717) is 30.3 Å². The molecule has 2 aliphatic heterocycles. The van der Waals surface area contributed by atoms with Crippen LogP contribution in [-0.4, -0.2) is 41.1 Å². The van der Waals surface area contributed by atoms with Crippen LogP contribution in [0.25, 0.3) is 0 Å². The highest BCUT2D eigenvalue weighted by Crippen LogP contribution is 2.57. The van der Waals surface area contributed by atoms with Gasteiger partial charge in [-0.25, -0.2) is 0 Å². The van der Waals surface area contributed by atoms with E-state index < -0.39 is 11.2 Å². The van der Waals surface area contributed by atoms with Gasteiger partial charge in [-0.05, 0) is 63.5 Å². The third kappa shape index (κ3) is 4.08. The number of carbonyl (C=O) groups excluding carboxylic acids is 3. The fourth-order valence-electron chi connectivity index (χ4n) is 6.21. The fraction of sp³-hybridized carbons (Fsp3) is 0.792. The van der Waals surface area contributed by atoms with Gasteiger partial charge in [0.05, 0.1) is 6.10 Å². The Hall–Kier alpha value is -1.69. The van der Waals surface area contributed by atoms with Gasteiger partial charge >= 0.3 is 11.9 Å². The Bertz CT molecular complexity index is 755. The highest BCUT2D eigenvalue weighted by Gasteiger charge is 2.63. The summed E-state index contributed by atoms with van der Waals surface area (Å²) in [5.74, 6) is 0.0301. The van der Waals surface area contributed by atoms with E-state index in [1.807, 2.05) is 26.8 Å². The Morgan fingerprint density at radius 1 is 1.10 bits per heavy atom. The van der Waals surface area contributed by atoms with E-state index in [-0.39, 0.29) is 41.8 Å². The molecule has 3 rings (SSSR count). The van der Waals surface area contributed by atoms with Gasteiger partial charge in [0.15, 0.2) is 5.78 Å². The van der Waals surface area contributed by atoms with Crippen molar-refractivity contribution < 1.29 is 28.6 Å². The molecular weight excluding hydrogens is 384 g/mol. The van der Waals surface area contributed by atoms with E-state index in [1.54, 1.807) is 0 Å². The highest BCUT2D eigenvalue weighted by atomic mass is 16.6. The van der Waals surface area contributed by atoms with Gasteiger partial charge in [-0.1, -0.05) is 13.8 Å². The number of rotatable bonds is 3. The average molecular weight is 421 g/mol. The normalized spacial score (nSPS) is 43.0. The van der Waals surface area contributed by atoms with Crippen molar-refractivity contribution in [2.75, 3.05) is 0 Å². The zero-order valence-corrected chi connectivity index (χ0v) is 19.3. The monoisotopic (exact) mass is 420 g/mol. The molecule has 7 atom stereocenters. The molecule has 3 aliphatic rings. The van der Waals surface area contributed by atoms with Crippen LogP contribution in [0.1, 0.15) is 74.1 Å². The number of esters is 2. The van der Waals surface area contributed by atoms with Gasteiger partial charge < -0.3 is 14.2 Å². The first-order valence-corrected chi connectivity index (χ1v) is 11.1. The molecule has 2 heterocycles. The molecule has 1 saturated heterocycles. The lowest BCUT2D eigenvalue weighted by Crippen LogP contribution is -2.56. The number of hydrogen-bond donors (Lipinski definition) is 0. The first kappa shape index (κ1) is 23.0. The van der Waals surface area contributed by atoms with E-state index in [1.165, 1.54) is 13.8 Å². The number of Topliss-reactive ketones (excluding diaryl/α,β-unsaturated/α-hetero) is 1. The van der Waals surface area contributed by atoms with Crippen molar-refractivity contribution in [2.24, 2.45) is 23.7 Å². The third-order valence-corrected chi connectivity index (χ3v) is 7.51. The molecule has 1 saturated carbocycles. The van der Waals surface area contributed by atoms with Gasteiger partial charge in [0.25, 0.3) is 0 Å². The lowest BCUT2D eigenvalue weighted by molar-refractivity contribution is -0.181. The molecule has 2 bridgehead atoms. The second-order valence-corrected chi connectivity index (χ2v) is 10.2.